The smallest absolute Gasteiger partial charge is 0.325 e. The highest BCUT2D eigenvalue weighted by molar-refractivity contribution is 7.89. The van der Waals surface area contributed by atoms with Gasteiger partial charge in [0.25, 0.3) is 0 Å². The number of H-pyrrole nitrogens is 1. The minimum Gasteiger partial charge on any atom is -0.460 e. The summed E-state index contributed by atoms with van der Waals surface area (Å²) in [5, 5.41) is 5.55. The summed E-state index contributed by atoms with van der Waals surface area (Å²) in [5.74, 6) is -1.10. The predicted molar refractivity (Wildman–Crippen MR) is 174 cm³/mol. The number of ether oxygens (including phenoxy) is 1. The first-order valence-corrected chi connectivity index (χ1v) is 17.0. The van der Waals surface area contributed by atoms with E-state index in [1.807, 2.05) is 37.3 Å². The molecule has 3 aromatic rings. The topological polar surface area (TPSA) is 189 Å². The van der Waals surface area contributed by atoms with Crippen LogP contribution in [-0.4, -0.2) is 72.8 Å². The first-order chi connectivity index (χ1) is 21.9. The monoisotopic (exact) mass is 693 g/mol. The van der Waals surface area contributed by atoms with Gasteiger partial charge in [-0.25, -0.2) is 13.4 Å². The van der Waals surface area contributed by atoms with Crippen molar-refractivity contribution in [3.63, 3.8) is 0 Å². The van der Waals surface area contributed by atoms with Crippen LogP contribution in [0.3, 0.4) is 0 Å². The van der Waals surface area contributed by atoms with Crippen molar-refractivity contribution in [3.8, 4) is 0 Å². The van der Waals surface area contributed by atoms with Gasteiger partial charge < -0.3 is 31.0 Å². The molecule has 46 heavy (non-hydrogen) atoms. The van der Waals surface area contributed by atoms with Gasteiger partial charge in [-0.05, 0) is 49.3 Å². The molecule has 1 aliphatic rings. The SMILES string of the molecule is CC1CCN(C(=O)[C@H](CCCNc2ncc[nH]2)NS(=O)(=O)c2cc(Cl)c(N)c(Cl)c2)C(C(=O)NCC(=O)OCc2ccccc2)C1. The summed E-state index contributed by atoms with van der Waals surface area (Å²) in [6.45, 7) is 2.24. The molecule has 2 amide bonds. The van der Waals surface area contributed by atoms with Crippen molar-refractivity contribution >= 4 is 62.6 Å². The minimum atomic E-state index is -4.31. The molecule has 0 saturated carbocycles. The number of benzene rings is 2. The van der Waals surface area contributed by atoms with E-state index in [2.05, 4.69) is 25.3 Å². The number of rotatable bonds is 14. The van der Waals surface area contributed by atoms with Crippen LogP contribution >= 0.6 is 23.2 Å². The van der Waals surface area contributed by atoms with E-state index >= 15 is 0 Å². The average Bonchev–Trinajstić information content (AvgIpc) is 3.56. The van der Waals surface area contributed by atoms with Crippen molar-refractivity contribution < 1.29 is 27.5 Å². The molecule has 6 N–H and O–H groups in total. The highest BCUT2D eigenvalue weighted by atomic mass is 35.5. The van der Waals surface area contributed by atoms with Crippen molar-refractivity contribution in [2.45, 2.75) is 56.2 Å². The number of nitrogens with two attached hydrogens (primary N) is 1. The number of carbonyl (C=O) groups is 3. The molecule has 2 aromatic carbocycles. The summed E-state index contributed by atoms with van der Waals surface area (Å²) in [5.41, 5.74) is 6.61. The minimum absolute atomic E-state index is 0.0270. The molecule has 4 rings (SSSR count). The number of sulfonamides is 1. The van der Waals surface area contributed by atoms with Crippen LogP contribution in [0.2, 0.25) is 10.0 Å². The van der Waals surface area contributed by atoms with E-state index < -0.39 is 39.9 Å². The Labute approximate surface area is 277 Å². The Bertz CT molecular complexity index is 1590. The van der Waals surface area contributed by atoms with Crippen molar-refractivity contribution in [3.05, 3.63) is 70.5 Å². The van der Waals surface area contributed by atoms with Crippen molar-refractivity contribution in [1.29, 1.82) is 0 Å². The second kappa shape index (κ2) is 16.1. The highest BCUT2D eigenvalue weighted by Gasteiger charge is 2.39. The summed E-state index contributed by atoms with van der Waals surface area (Å²) >= 11 is 12.2. The summed E-state index contributed by atoms with van der Waals surface area (Å²) in [7, 11) is -4.31. The standard InChI is InChI=1S/C30H37Cl2N7O6S/c1-19-9-13-39(25(14-19)28(41)37-17-26(40)45-18-20-6-3-2-4-7-20)29(42)24(8-5-10-34-30-35-11-12-36-30)38-46(43,44)21-15-22(31)27(33)23(32)16-21/h2-4,6-7,11-12,15-16,19,24-25,38H,5,8-10,13-14,17-18,33H2,1H3,(H,37,41)(H2,34,35,36)/t19?,24-,25?/m0/s1. The lowest BCUT2D eigenvalue weighted by Gasteiger charge is -2.39. The molecule has 1 saturated heterocycles. The molecule has 2 heterocycles. The van der Waals surface area contributed by atoms with Gasteiger partial charge in [-0.3, -0.25) is 14.4 Å². The number of esters is 1. The number of hydrogen-bond acceptors (Lipinski definition) is 9. The summed E-state index contributed by atoms with van der Waals surface area (Å²) in [6, 6.07) is 9.26. The molecule has 1 aromatic heterocycles. The van der Waals surface area contributed by atoms with Gasteiger partial charge in [-0.1, -0.05) is 60.5 Å². The molecule has 2 unspecified atom stereocenters. The number of nitrogens with zero attached hydrogens (tertiary/aromatic N) is 2. The summed E-state index contributed by atoms with van der Waals surface area (Å²) < 4.78 is 34.7. The number of amides is 2. The number of carbonyl (C=O) groups excluding carboxylic acids is 3. The van der Waals surface area contributed by atoms with Crippen LogP contribution in [0, 0.1) is 5.92 Å². The van der Waals surface area contributed by atoms with Crippen molar-refractivity contribution in [2.75, 3.05) is 30.7 Å². The van der Waals surface area contributed by atoms with E-state index in [1.54, 1.807) is 12.4 Å². The van der Waals surface area contributed by atoms with Gasteiger partial charge in [0.05, 0.1) is 20.6 Å². The Morgan fingerprint density at radius 3 is 2.57 bits per heavy atom. The van der Waals surface area contributed by atoms with E-state index in [0.717, 1.165) is 17.7 Å². The van der Waals surface area contributed by atoms with E-state index in [4.69, 9.17) is 33.7 Å². The zero-order valence-electron chi connectivity index (χ0n) is 25.2. The largest absolute Gasteiger partial charge is 0.460 e. The maximum absolute atomic E-state index is 14.1. The van der Waals surface area contributed by atoms with Gasteiger partial charge in [-0.2, -0.15) is 4.72 Å². The number of likely N-dealkylation sites (tertiary alicyclic amines) is 1. The molecule has 16 heteroatoms. The number of piperidine rings is 1. The van der Waals surface area contributed by atoms with Crippen LogP contribution in [0.25, 0.3) is 0 Å². The molecular formula is C30H37Cl2N7O6S. The van der Waals surface area contributed by atoms with Gasteiger partial charge in [-0.15, -0.1) is 0 Å². The molecule has 1 aliphatic heterocycles. The van der Waals surface area contributed by atoms with Gasteiger partial charge >= 0.3 is 5.97 Å². The number of anilines is 2. The van der Waals surface area contributed by atoms with E-state index in [1.165, 1.54) is 4.90 Å². The molecule has 13 nitrogen and oxygen atoms in total. The van der Waals surface area contributed by atoms with Crippen molar-refractivity contribution in [1.82, 2.24) is 24.9 Å². The zero-order valence-corrected chi connectivity index (χ0v) is 27.5. The number of imidazole rings is 1. The molecule has 0 spiro atoms. The maximum atomic E-state index is 14.1. The Balaban J connectivity index is 1.47. The molecule has 0 aliphatic carbocycles. The quantitative estimate of drug-likeness (QED) is 0.0958. The lowest BCUT2D eigenvalue weighted by Crippen LogP contribution is -2.58. The molecule has 0 bridgehead atoms. The van der Waals surface area contributed by atoms with Crippen LogP contribution in [0.1, 0.15) is 38.2 Å². The number of nitrogens with one attached hydrogen (secondary N) is 4. The van der Waals surface area contributed by atoms with Crippen LogP contribution in [0.15, 0.2) is 59.8 Å². The molecule has 0 radical (unpaired) electrons. The fourth-order valence-electron chi connectivity index (χ4n) is 5.00. The first kappa shape index (κ1) is 35.0. The fraction of sp³-hybridized carbons (Fsp3) is 0.400. The molecule has 248 valence electrons. The second-order valence-corrected chi connectivity index (χ2v) is 13.6. The normalized spacial score (nSPS) is 17.2. The number of hydrogen-bond donors (Lipinski definition) is 5. The van der Waals surface area contributed by atoms with Crippen LogP contribution < -0.4 is 21.1 Å². The summed E-state index contributed by atoms with van der Waals surface area (Å²) in [6.07, 6.45) is 4.64. The first-order valence-electron chi connectivity index (χ1n) is 14.7. The van der Waals surface area contributed by atoms with Crippen molar-refractivity contribution in [2.24, 2.45) is 5.92 Å². The second-order valence-electron chi connectivity index (χ2n) is 11.0. The van der Waals surface area contributed by atoms with Gasteiger partial charge in [0.15, 0.2) is 5.95 Å². The van der Waals surface area contributed by atoms with E-state index in [-0.39, 0.29) is 52.7 Å². The van der Waals surface area contributed by atoms with Gasteiger partial charge in [0.1, 0.15) is 25.2 Å². The Hall–Kier alpha value is -3.85. The van der Waals surface area contributed by atoms with E-state index in [0.29, 0.717) is 31.8 Å². The average molecular weight is 695 g/mol. The molecule has 1 fully saturated rings. The van der Waals surface area contributed by atoms with Crippen LogP contribution in [0.4, 0.5) is 11.6 Å². The third kappa shape index (κ3) is 9.58. The van der Waals surface area contributed by atoms with Gasteiger partial charge in [0, 0.05) is 25.5 Å². The van der Waals surface area contributed by atoms with Crippen LogP contribution in [-0.2, 0) is 35.8 Å². The Kier molecular flexibility index (Phi) is 12.3. The predicted octanol–water partition coefficient (Wildman–Crippen LogP) is 3.32. The van der Waals surface area contributed by atoms with E-state index in [9.17, 15) is 22.8 Å². The Morgan fingerprint density at radius 2 is 1.89 bits per heavy atom. The fourth-order valence-corrected chi connectivity index (χ4v) is 6.89. The summed E-state index contributed by atoms with van der Waals surface area (Å²) in [4.78, 5) is 47.9. The lowest BCUT2D eigenvalue weighted by atomic mass is 9.91. The third-order valence-electron chi connectivity index (χ3n) is 7.52. The molecule has 3 atom stereocenters. The highest BCUT2D eigenvalue weighted by Crippen LogP contribution is 2.31. The number of halogens is 2. The third-order valence-corrected chi connectivity index (χ3v) is 9.60. The molecular weight excluding hydrogens is 657 g/mol. The van der Waals surface area contributed by atoms with Crippen LogP contribution in [0.5, 0.6) is 0 Å². The number of aromatic nitrogens is 2. The number of aromatic amines is 1. The number of nitrogen functional groups attached to an aromatic ring is 1. The Morgan fingerprint density at radius 1 is 1.17 bits per heavy atom. The van der Waals surface area contributed by atoms with Gasteiger partial charge in [0.2, 0.25) is 21.8 Å². The lowest BCUT2D eigenvalue weighted by molar-refractivity contribution is -0.147. The zero-order chi connectivity index (χ0) is 33.3. The maximum Gasteiger partial charge on any atom is 0.325 e.